The van der Waals surface area contributed by atoms with Crippen LogP contribution in [0.1, 0.15) is 22.3 Å². The van der Waals surface area contributed by atoms with E-state index < -0.39 is 0 Å². The van der Waals surface area contributed by atoms with E-state index in [-0.39, 0.29) is 0 Å². The second-order valence-electron chi connectivity index (χ2n) is 6.18. The van der Waals surface area contributed by atoms with Crippen LogP contribution in [0.5, 0.6) is 0 Å². The van der Waals surface area contributed by atoms with E-state index in [1.165, 1.54) is 0 Å². The highest BCUT2D eigenvalue weighted by atomic mass is 35.5. The van der Waals surface area contributed by atoms with E-state index in [4.69, 9.17) is 56.1 Å². The Morgan fingerprint density at radius 2 is 0.967 bits per heavy atom. The third-order valence-electron chi connectivity index (χ3n) is 3.93. The molecule has 0 bridgehead atoms. The van der Waals surface area contributed by atoms with Crippen LogP contribution in [0.3, 0.4) is 0 Å². The zero-order chi connectivity index (χ0) is 21.3. The van der Waals surface area contributed by atoms with E-state index in [9.17, 15) is 0 Å². The van der Waals surface area contributed by atoms with Crippen LogP contribution in [0, 0.1) is 0 Å². The van der Waals surface area contributed by atoms with E-state index in [0.29, 0.717) is 33.3 Å². The number of hydrogen-bond donors (Lipinski definition) is 0. The van der Waals surface area contributed by atoms with Gasteiger partial charge in [0.25, 0.3) is 0 Å². The van der Waals surface area contributed by atoms with Crippen molar-refractivity contribution in [3.8, 4) is 0 Å². The first kappa shape index (κ1) is 22.4. The van der Waals surface area contributed by atoms with Crippen LogP contribution >= 0.6 is 46.4 Å². The molecule has 0 unspecified atom stereocenters. The van der Waals surface area contributed by atoms with Gasteiger partial charge in [0.2, 0.25) is 0 Å². The first-order valence-electron chi connectivity index (χ1n) is 8.80. The third kappa shape index (κ3) is 6.92. The lowest BCUT2D eigenvalue weighted by Crippen LogP contribution is -1.92. The Bertz CT molecular complexity index is 969. The molecule has 4 nitrogen and oxygen atoms in total. The summed E-state index contributed by atoms with van der Waals surface area (Å²) in [5.74, 6) is 0. The zero-order valence-electron chi connectivity index (χ0n) is 15.6. The highest BCUT2D eigenvalue weighted by Gasteiger charge is 1.99. The molecule has 0 aliphatic rings. The van der Waals surface area contributed by atoms with Crippen LogP contribution in [-0.2, 0) is 22.9 Å². The second kappa shape index (κ2) is 11.2. The number of hydrogen-bond acceptors (Lipinski definition) is 4. The van der Waals surface area contributed by atoms with Gasteiger partial charge in [0, 0.05) is 0 Å². The normalized spacial score (nSPS) is 11.3. The fraction of sp³-hybridized carbons (Fsp3) is 0.0909. The van der Waals surface area contributed by atoms with E-state index >= 15 is 0 Å². The maximum absolute atomic E-state index is 5.96. The molecule has 0 heterocycles. The summed E-state index contributed by atoms with van der Waals surface area (Å²) in [6.07, 6.45) is 3.16. The molecular formula is C22H16Cl4N2O2. The standard InChI is InChI=1S/C22H16Cl4N2O2/c23-19-7-5-17(9-21(19)25)11-27-29-13-15-1-2-16(4-3-15)14-30-28-12-18-6-8-20(24)22(26)10-18/h1-12H,13-14H2/b27-11-,28-12-. The maximum Gasteiger partial charge on any atom is 0.142 e. The average molecular weight is 482 g/mol. The molecule has 3 aromatic rings. The van der Waals surface area contributed by atoms with Crippen LogP contribution in [0.4, 0.5) is 0 Å². The summed E-state index contributed by atoms with van der Waals surface area (Å²) in [6, 6.07) is 18.2. The van der Waals surface area contributed by atoms with E-state index in [1.807, 2.05) is 24.3 Å². The lowest BCUT2D eigenvalue weighted by molar-refractivity contribution is 0.130. The quantitative estimate of drug-likeness (QED) is 0.248. The summed E-state index contributed by atoms with van der Waals surface area (Å²) in [6.45, 7) is 0.683. The molecule has 0 aliphatic heterocycles. The molecule has 0 spiro atoms. The molecule has 0 fully saturated rings. The lowest BCUT2D eigenvalue weighted by atomic mass is 10.1. The van der Waals surface area contributed by atoms with E-state index in [2.05, 4.69) is 10.3 Å². The van der Waals surface area contributed by atoms with Crippen LogP contribution < -0.4 is 0 Å². The van der Waals surface area contributed by atoms with Gasteiger partial charge in [-0.3, -0.25) is 0 Å². The van der Waals surface area contributed by atoms with Crippen molar-refractivity contribution in [2.45, 2.75) is 13.2 Å². The summed E-state index contributed by atoms with van der Waals surface area (Å²) in [5, 5.41) is 9.83. The van der Waals surface area contributed by atoms with Gasteiger partial charge in [0.05, 0.1) is 32.5 Å². The van der Waals surface area contributed by atoms with Crippen molar-refractivity contribution in [2.75, 3.05) is 0 Å². The van der Waals surface area contributed by atoms with Gasteiger partial charge in [0.1, 0.15) is 13.2 Å². The fourth-order valence-corrected chi connectivity index (χ4v) is 2.95. The summed E-state index contributed by atoms with van der Waals surface area (Å²) >= 11 is 23.7. The summed E-state index contributed by atoms with van der Waals surface area (Å²) in [5.41, 5.74) is 3.56. The van der Waals surface area contributed by atoms with Gasteiger partial charge in [-0.2, -0.15) is 0 Å². The zero-order valence-corrected chi connectivity index (χ0v) is 18.6. The molecule has 8 heteroatoms. The molecule has 0 aliphatic carbocycles. The molecule has 0 N–H and O–H groups in total. The van der Waals surface area contributed by atoms with Crippen molar-refractivity contribution in [2.24, 2.45) is 10.3 Å². The number of nitrogens with zero attached hydrogens (tertiary/aromatic N) is 2. The summed E-state index contributed by atoms with van der Waals surface area (Å²) < 4.78 is 0. The molecule has 0 aromatic heterocycles. The Kier molecular flexibility index (Phi) is 8.40. The van der Waals surface area contributed by atoms with Gasteiger partial charge < -0.3 is 9.68 Å². The highest BCUT2D eigenvalue weighted by Crippen LogP contribution is 2.22. The van der Waals surface area contributed by atoms with E-state index in [1.54, 1.807) is 48.8 Å². The average Bonchev–Trinajstić information content (AvgIpc) is 2.74. The molecule has 30 heavy (non-hydrogen) atoms. The SMILES string of the molecule is Clc1ccc(/C=N\OCc2ccc(CO/N=C\c3ccc(Cl)c(Cl)c3)cc2)cc1Cl. The molecule has 0 saturated carbocycles. The van der Waals surface area contributed by atoms with Crippen LogP contribution in [0.25, 0.3) is 0 Å². The summed E-state index contributed by atoms with van der Waals surface area (Å²) in [4.78, 5) is 10.6. The highest BCUT2D eigenvalue weighted by molar-refractivity contribution is 6.42. The molecule has 0 atom stereocenters. The summed E-state index contributed by atoms with van der Waals surface area (Å²) in [7, 11) is 0. The van der Waals surface area contributed by atoms with Gasteiger partial charge in [-0.1, -0.05) is 93.1 Å². The first-order valence-corrected chi connectivity index (χ1v) is 10.3. The Morgan fingerprint density at radius 1 is 0.567 bits per heavy atom. The van der Waals surface area contributed by atoms with Crippen LogP contribution in [0.15, 0.2) is 71.0 Å². The smallest absolute Gasteiger partial charge is 0.142 e. The van der Waals surface area contributed by atoms with Crippen molar-refractivity contribution >= 4 is 58.8 Å². The topological polar surface area (TPSA) is 43.2 Å². The van der Waals surface area contributed by atoms with Gasteiger partial charge in [-0.05, 0) is 46.5 Å². The Balaban J connectivity index is 1.43. The largest absolute Gasteiger partial charge is 0.391 e. The third-order valence-corrected chi connectivity index (χ3v) is 5.40. The monoisotopic (exact) mass is 480 g/mol. The predicted octanol–water partition coefficient (Wildman–Crippen LogP) is 7.40. The van der Waals surface area contributed by atoms with Gasteiger partial charge in [-0.25, -0.2) is 0 Å². The van der Waals surface area contributed by atoms with Crippen molar-refractivity contribution in [1.82, 2.24) is 0 Å². The first-order chi connectivity index (χ1) is 14.5. The van der Waals surface area contributed by atoms with Crippen molar-refractivity contribution in [1.29, 1.82) is 0 Å². The number of halogens is 4. The van der Waals surface area contributed by atoms with Gasteiger partial charge >= 0.3 is 0 Å². The Hall–Kier alpha value is -2.24. The molecular weight excluding hydrogens is 466 g/mol. The molecule has 154 valence electrons. The van der Waals surface area contributed by atoms with Crippen LogP contribution in [-0.4, -0.2) is 12.4 Å². The maximum atomic E-state index is 5.96. The molecule has 0 saturated heterocycles. The minimum Gasteiger partial charge on any atom is -0.391 e. The van der Waals surface area contributed by atoms with E-state index in [0.717, 1.165) is 22.3 Å². The van der Waals surface area contributed by atoms with Gasteiger partial charge in [0.15, 0.2) is 0 Å². The predicted molar refractivity (Wildman–Crippen MR) is 124 cm³/mol. The number of benzene rings is 3. The minimum atomic E-state index is 0.342. The minimum absolute atomic E-state index is 0.342. The Labute approximate surface area is 194 Å². The molecule has 3 aromatic carbocycles. The van der Waals surface area contributed by atoms with Crippen LogP contribution in [0.2, 0.25) is 20.1 Å². The van der Waals surface area contributed by atoms with Crippen molar-refractivity contribution in [3.63, 3.8) is 0 Å². The van der Waals surface area contributed by atoms with Gasteiger partial charge in [-0.15, -0.1) is 0 Å². The van der Waals surface area contributed by atoms with Crippen molar-refractivity contribution < 1.29 is 9.68 Å². The fourth-order valence-electron chi connectivity index (χ4n) is 2.34. The lowest BCUT2D eigenvalue weighted by Gasteiger charge is -2.03. The molecule has 0 radical (unpaired) electrons. The molecule has 3 rings (SSSR count). The number of rotatable bonds is 8. The Morgan fingerprint density at radius 3 is 1.33 bits per heavy atom. The molecule has 0 amide bonds. The van der Waals surface area contributed by atoms with Crippen molar-refractivity contribution in [3.05, 3.63) is 103 Å². The second-order valence-corrected chi connectivity index (χ2v) is 7.81. The number of oxime groups is 2.